The van der Waals surface area contributed by atoms with Crippen LogP contribution in [0.4, 0.5) is 0 Å². The van der Waals surface area contributed by atoms with Gasteiger partial charge in [-0.15, -0.1) is 0 Å². The summed E-state index contributed by atoms with van der Waals surface area (Å²) in [6, 6.07) is -5.93. The largest absolute Gasteiger partial charge is 0.391 e. The number of carbonyl (C=O) groups excluding carboxylic acids is 9. The third kappa shape index (κ3) is 27.0. The first-order chi connectivity index (χ1) is 37.9. The maximum absolute atomic E-state index is 14.4. The number of aliphatic imine (C=N–C) groups is 1. The molecule has 30 heteroatoms. The number of nitrogens with two attached hydrogens (primary N) is 7. The first-order valence-corrected chi connectivity index (χ1v) is 27.1. The lowest BCUT2D eigenvalue weighted by Crippen LogP contribution is -2.57. The molecular formula is C49H88N20O10. The molecule has 1 aromatic rings. The van der Waals surface area contributed by atoms with Crippen LogP contribution in [0, 0.1) is 5.41 Å². The molecule has 30 nitrogen and oxygen atoms in total. The van der Waals surface area contributed by atoms with Gasteiger partial charge >= 0.3 is 0 Å². The molecule has 1 fully saturated rings. The second kappa shape index (κ2) is 39.4. The number of guanidine groups is 1. The molecule has 9 amide bonds. The van der Waals surface area contributed by atoms with Gasteiger partial charge in [-0.3, -0.25) is 48.6 Å². The number of imidazole rings is 1. The molecule has 2 heterocycles. The number of nitrogens with zero attached hydrogens (tertiary/aromatic N) is 3. The molecular weight excluding hydrogens is 1030 g/mol. The monoisotopic (exact) mass is 1120 g/mol. The number of H-pyrrole nitrogens is 1. The van der Waals surface area contributed by atoms with Gasteiger partial charge in [-0.2, -0.15) is 0 Å². The molecule has 6 atom stereocenters. The molecule has 1 aliphatic rings. The van der Waals surface area contributed by atoms with Crippen molar-refractivity contribution in [2.45, 2.75) is 145 Å². The van der Waals surface area contributed by atoms with Crippen LogP contribution in [0.15, 0.2) is 29.3 Å². The van der Waals surface area contributed by atoms with Crippen LogP contribution in [0.5, 0.6) is 0 Å². The van der Waals surface area contributed by atoms with Gasteiger partial charge in [0.2, 0.25) is 35.4 Å². The Hall–Kier alpha value is -6.96. The van der Waals surface area contributed by atoms with Gasteiger partial charge in [0.05, 0.1) is 25.4 Å². The summed E-state index contributed by atoms with van der Waals surface area (Å²) in [6.45, 7) is 1.05. The highest BCUT2D eigenvalue weighted by atomic mass is 16.3. The fourth-order valence-electron chi connectivity index (χ4n) is 8.12. The second-order valence-corrected chi connectivity index (χ2v) is 18.9. The van der Waals surface area contributed by atoms with E-state index in [1.54, 1.807) is 0 Å². The number of likely N-dealkylation sites (tertiary alicyclic amines) is 1. The Balaban J connectivity index is 2.41. The Bertz CT molecular complexity index is 2160. The van der Waals surface area contributed by atoms with E-state index in [2.05, 4.69) is 57.5 Å². The average molecular weight is 1120 g/mol. The number of aromatic nitrogens is 2. The zero-order chi connectivity index (χ0) is 58.5. The molecule has 79 heavy (non-hydrogen) atoms. The number of unbranched alkanes of at least 4 members (excludes halogenated alkanes) is 3. The van der Waals surface area contributed by atoms with Crippen molar-refractivity contribution in [3.05, 3.63) is 30.0 Å². The summed E-state index contributed by atoms with van der Waals surface area (Å²) in [5.74, 6) is -6.98. The molecule has 0 aliphatic carbocycles. The Labute approximate surface area is 460 Å². The van der Waals surface area contributed by atoms with Crippen molar-refractivity contribution in [3.63, 3.8) is 0 Å². The molecule has 0 bridgehead atoms. The van der Waals surface area contributed by atoms with Crippen LogP contribution in [-0.4, -0.2) is 187 Å². The number of aliphatic hydroxyl groups excluding tert-OH is 1. The van der Waals surface area contributed by atoms with Gasteiger partial charge in [-0.25, -0.2) is 9.98 Å². The van der Waals surface area contributed by atoms with Crippen LogP contribution in [0.3, 0.4) is 0 Å². The number of hydrogen-bond acceptors (Lipinski definition) is 18. The van der Waals surface area contributed by atoms with Crippen LogP contribution in [0.1, 0.15) is 108 Å². The maximum atomic E-state index is 14.4. The van der Waals surface area contributed by atoms with Crippen LogP contribution >= 0.6 is 0 Å². The van der Waals surface area contributed by atoms with Crippen molar-refractivity contribution in [3.8, 4) is 0 Å². The molecule has 1 saturated heterocycles. The zero-order valence-electron chi connectivity index (χ0n) is 45.3. The zero-order valence-corrected chi connectivity index (χ0v) is 45.3. The summed E-state index contributed by atoms with van der Waals surface area (Å²) in [6.07, 6.45) is 7.27. The van der Waals surface area contributed by atoms with Crippen LogP contribution < -0.4 is 82.7 Å². The predicted octanol–water partition coefficient (Wildman–Crippen LogP) is -5.86. The van der Waals surface area contributed by atoms with Crippen LogP contribution in [-0.2, 0) is 49.6 Å². The van der Waals surface area contributed by atoms with Crippen molar-refractivity contribution in [1.82, 2.24) is 57.4 Å². The first kappa shape index (κ1) is 68.1. The number of hydrogen-bond donors (Lipinski definition) is 18. The van der Waals surface area contributed by atoms with E-state index in [9.17, 15) is 48.3 Å². The normalized spacial score (nSPS) is 15.4. The van der Waals surface area contributed by atoms with E-state index < -0.39 is 96.0 Å². The Morgan fingerprint density at radius 2 is 1.35 bits per heavy atom. The maximum Gasteiger partial charge on any atom is 0.269 e. The molecule has 0 unspecified atom stereocenters. The highest BCUT2D eigenvalue weighted by Crippen LogP contribution is 2.20. The van der Waals surface area contributed by atoms with Crippen LogP contribution in [0.25, 0.3) is 0 Å². The number of amides is 9. The number of rotatable bonds is 40. The summed E-state index contributed by atoms with van der Waals surface area (Å²) in [5.41, 5.74) is 39.3. The molecule has 0 saturated carbocycles. The van der Waals surface area contributed by atoms with E-state index in [0.29, 0.717) is 76.7 Å². The minimum Gasteiger partial charge on any atom is -0.391 e. The number of aromatic amines is 1. The molecule has 0 aromatic carbocycles. The molecule has 0 spiro atoms. The van der Waals surface area contributed by atoms with E-state index in [0.717, 1.165) is 0 Å². The lowest BCUT2D eigenvalue weighted by atomic mass is 10.1. The third-order valence-electron chi connectivity index (χ3n) is 12.4. The van der Waals surface area contributed by atoms with Crippen molar-refractivity contribution >= 4 is 64.8 Å². The lowest BCUT2D eigenvalue weighted by Gasteiger charge is -2.28. The summed E-state index contributed by atoms with van der Waals surface area (Å²) >= 11 is 0. The highest BCUT2D eigenvalue weighted by molar-refractivity contribution is 6.40. The fraction of sp³-hybridized carbons (Fsp3) is 0.673. The quantitative estimate of drug-likeness (QED) is 0.0126. The first-order valence-electron chi connectivity index (χ1n) is 27.1. The summed E-state index contributed by atoms with van der Waals surface area (Å²) < 4.78 is 0. The van der Waals surface area contributed by atoms with E-state index in [1.165, 1.54) is 23.5 Å². The van der Waals surface area contributed by atoms with Crippen molar-refractivity contribution in [2.24, 2.45) is 45.1 Å². The minimum absolute atomic E-state index is 0.0388. The Morgan fingerprint density at radius 3 is 1.97 bits per heavy atom. The van der Waals surface area contributed by atoms with E-state index >= 15 is 0 Å². The van der Waals surface area contributed by atoms with Gasteiger partial charge < -0.3 is 97.7 Å². The highest BCUT2D eigenvalue weighted by Gasteiger charge is 2.38. The lowest BCUT2D eigenvalue weighted by molar-refractivity contribution is -0.136. The van der Waals surface area contributed by atoms with Gasteiger partial charge in [-0.05, 0) is 129 Å². The number of carbonyl (C=O) groups is 9. The van der Waals surface area contributed by atoms with Gasteiger partial charge in [0.25, 0.3) is 17.7 Å². The average Bonchev–Trinajstić information content (AvgIpc) is 4.15. The topological polar surface area (TPSA) is 520 Å². The molecule has 444 valence electrons. The summed E-state index contributed by atoms with van der Waals surface area (Å²) in [7, 11) is 0. The molecule has 1 aliphatic heterocycles. The van der Waals surface area contributed by atoms with Gasteiger partial charge in [0.15, 0.2) is 5.96 Å². The van der Waals surface area contributed by atoms with E-state index in [-0.39, 0.29) is 114 Å². The summed E-state index contributed by atoms with van der Waals surface area (Å²) in [4.78, 5) is 136. The van der Waals surface area contributed by atoms with Crippen molar-refractivity contribution in [2.75, 3.05) is 65.4 Å². The summed E-state index contributed by atoms with van der Waals surface area (Å²) in [5, 5.41) is 38.5. The van der Waals surface area contributed by atoms with E-state index in [1.807, 2.05) is 0 Å². The van der Waals surface area contributed by atoms with Crippen LogP contribution in [0.2, 0.25) is 0 Å². The predicted molar refractivity (Wildman–Crippen MR) is 294 cm³/mol. The molecule has 0 radical (unpaired) electrons. The Morgan fingerprint density at radius 1 is 0.734 bits per heavy atom. The van der Waals surface area contributed by atoms with Gasteiger partial charge in [-0.1, -0.05) is 6.08 Å². The standard InChI is InChI=1S/C49H88N20O10/c50-17-3-1-11-34(42(73)59-22-6-5-19-52)65-45(76)36(15-9-23-60-49(56)57)66-44(75)35(12-2-4-18-51)67-46(77)38(25-31-28-58-30-62-31)68-47(78)39-16-10-24-69(39)48(79)37(14-8-21-54)64-41(72)29-61-43(74)33(13-7-20-53)63-40(71)26-32(70)27-55/h15,28,30,32-35,38-39,70H,1-14,16-27,29,50-55H2,(H,58,62)(H,59,73)(H,61,74)(H,63,71)(H,65,76)(H,66,75)(H,67,77)(H,68,78)(H4,56,57,60)/b36-15-,64-37+/t32-,33+,34+,35+,38+,39+/m1/s1. The SMILES string of the molecule is N=C(N)NCC/C=C(\NC(=O)[C@H](CCCCN)NC(=O)[C@H](Cc1cnc[nH]1)NC(=O)[C@@H]1CCCN1C(=O)/C(CCCN)=N/C(=O)CNC(=O)[C@H](CCCN)NC(=O)C[C@@H](O)CN)C(=O)N[C@@H](CCCCN)C(=O)NCCCCN. The molecule has 2 rings (SSSR count). The second-order valence-electron chi connectivity index (χ2n) is 18.9. The Kier molecular flexibility index (Phi) is 34.0. The minimum atomic E-state index is -1.37. The van der Waals surface area contributed by atoms with E-state index in [4.69, 9.17) is 45.5 Å². The number of aliphatic hydroxyl groups is 1. The molecule has 1 aromatic heterocycles. The van der Waals surface area contributed by atoms with Gasteiger partial charge in [0, 0.05) is 44.5 Å². The number of nitrogens with one attached hydrogen (secondary N) is 10. The molecule has 25 N–H and O–H groups in total. The fourth-order valence-corrected chi connectivity index (χ4v) is 8.12. The van der Waals surface area contributed by atoms with Gasteiger partial charge in [0.1, 0.15) is 41.6 Å². The smallest absolute Gasteiger partial charge is 0.269 e. The third-order valence-corrected chi connectivity index (χ3v) is 12.4. The van der Waals surface area contributed by atoms with Crippen molar-refractivity contribution < 1.29 is 48.3 Å². The van der Waals surface area contributed by atoms with Crippen molar-refractivity contribution in [1.29, 1.82) is 5.41 Å².